The van der Waals surface area contributed by atoms with Crippen LogP contribution in [0.5, 0.6) is 0 Å². The number of piperazine rings is 1. The molecule has 3 saturated heterocycles. The summed E-state index contributed by atoms with van der Waals surface area (Å²) in [7, 11) is 2.17. The average Bonchev–Trinajstić information content (AvgIpc) is 3.39. The Bertz CT molecular complexity index is 1160. The van der Waals surface area contributed by atoms with E-state index in [0.29, 0.717) is 38.1 Å². The van der Waals surface area contributed by atoms with Crippen molar-refractivity contribution in [3.05, 3.63) is 48.0 Å². The Morgan fingerprint density at radius 2 is 2.12 bits per heavy atom. The number of amides is 1. The summed E-state index contributed by atoms with van der Waals surface area (Å²) in [6.45, 7) is 7.41. The molecule has 4 fully saturated rings. The van der Waals surface area contributed by atoms with Gasteiger partial charge in [0.25, 0.3) is 0 Å². The van der Waals surface area contributed by atoms with Crippen LogP contribution < -0.4 is 10.6 Å². The van der Waals surface area contributed by atoms with E-state index in [-0.39, 0.29) is 36.1 Å². The van der Waals surface area contributed by atoms with Gasteiger partial charge in [-0.25, -0.2) is 0 Å². The smallest absolute Gasteiger partial charge is 0.246 e. The highest BCUT2D eigenvalue weighted by Gasteiger charge is 2.51. The first-order chi connectivity index (χ1) is 19.9. The molecule has 2 N–H and O–H groups in total. The minimum Gasteiger partial charge on any atom is -0.351 e. The fourth-order valence-corrected chi connectivity index (χ4v) is 8.31. The molecule has 0 bridgehead atoms. The zero-order valence-electron chi connectivity index (χ0n) is 24.0. The Labute approximate surface area is 248 Å². The van der Waals surface area contributed by atoms with Crippen molar-refractivity contribution in [1.29, 1.82) is 5.26 Å². The lowest BCUT2D eigenvalue weighted by Gasteiger charge is -2.56. The Kier molecular flexibility index (Phi) is 8.71. The lowest BCUT2D eigenvalue weighted by Crippen LogP contribution is -2.73. The van der Waals surface area contributed by atoms with E-state index < -0.39 is 5.56 Å². The quantitative estimate of drug-likeness (QED) is 0.391. The van der Waals surface area contributed by atoms with E-state index in [4.69, 9.17) is 21.1 Å². The van der Waals surface area contributed by atoms with Gasteiger partial charge in [-0.15, -0.1) is 0 Å². The predicted octanol–water partition coefficient (Wildman–Crippen LogP) is 2.93. The zero-order chi connectivity index (χ0) is 28.6. The van der Waals surface area contributed by atoms with Crippen LogP contribution in [-0.4, -0.2) is 96.7 Å². The molecule has 41 heavy (non-hydrogen) atoms. The zero-order valence-corrected chi connectivity index (χ0v) is 24.8. The molecule has 5 aliphatic rings. The first-order valence-corrected chi connectivity index (χ1v) is 15.6. The Balaban J connectivity index is 1.22. The van der Waals surface area contributed by atoms with Crippen molar-refractivity contribution < 1.29 is 14.3 Å². The lowest BCUT2D eigenvalue weighted by atomic mass is 9.69. The number of benzene rings is 1. The largest absolute Gasteiger partial charge is 0.351 e. The topological polar surface area (TPSA) is 93.1 Å². The van der Waals surface area contributed by atoms with Crippen molar-refractivity contribution in [2.75, 3.05) is 39.8 Å². The van der Waals surface area contributed by atoms with Crippen LogP contribution in [0.15, 0.2) is 36.9 Å². The summed E-state index contributed by atoms with van der Waals surface area (Å²) >= 11 is 6.80. The minimum atomic E-state index is -0.443. The molecule has 9 nitrogen and oxygen atoms in total. The van der Waals surface area contributed by atoms with Gasteiger partial charge in [0.15, 0.2) is 11.9 Å². The fourth-order valence-electron chi connectivity index (χ4n) is 7.91. The van der Waals surface area contributed by atoms with E-state index in [1.54, 1.807) is 4.90 Å². The van der Waals surface area contributed by atoms with Gasteiger partial charge in [-0.05, 0) is 62.9 Å². The van der Waals surface area contributed by atoms with E-state index in [9.17, 15) is 10.1 Å². The first-order valence-electron chi connectivity index (χ1n) is 15.2. The molecule has 1 aliphatic carbocycles. The molecule has 6 rings (SSSR count). The van der Waals surface area contributed by atoms with Crippen molar-refractivity contribution in [1.82, 2.24) is 25.3 Å². The van der Waals surface area contributed by atoms with Gasteiger partial charge in [0.2, 0.25) is 5.91 Å². The number of nitriles is 1. The molecule has 1 saturated carbocycles. The fraction of sp³-hybridized carbons (Fsp3) is 0.677. The first kappa shape index (κ1) is 29.1. The molecule has 1 aromatic carbocycles. The van der Waals surface area contributed by atoms with Crippen LogP contribution in [0.4, 0.5) is 0 Å². The van der Waals surface area contributed by atoms with Crippen LogP contribution in [0.3, 0.4) is 0 Å². The lowest BCUT2D eigenvalue weighted by molar-refractivity contribution is -0.155. The van der Waals surface area contributed by atoms with Gasteiger partial charge in [0, 0.05) is 44.1 Å². The molecular weight excluding hydrogens is 540 g/mol. The van der Waals surface area contributed by atoms with Gasteiger partial charge in [-0.2, -0.15) is 5.26 Å². The van der Waals surface area contributed by atoms with Crippen LogP contribution in [0.25, 0.3) is 0 Å². The number of fused-ring (bicyclic) bond motifs is 2. The third kappa shape index (κ3) is 5.94. The SMILES string of the molecule is C=CC(=O)N1CCN(C2NC(OCC3CCCN3C)NC3C[C@]4(CCC32)Cc2ccccc2C(Cl)O4)CC1CC#N. The van der Waals surface area contributed by atoms with Crippen molar-refractivity contribution in [2.24, 2.45) is 5.92 Å². The maximum absolute atomic E-state index is 12.5. The predicted molar refractivity (Wildman–Crippen MR) is 157 cm³/mol. The molecule has 1 amide bonds. The number of nitrogens with one attached hydrogen (secondary N) is 2. The number of nitrogens with zero attached hydrogens (tertiary/aromatic N) is 4. The highest BCUT2D eigenvalue weighted by molar-refractivity contribution is 6.20. The number of carbonyl (C=O) groups is 1. The molecule has 222 valence electrons. The number of likely N-dealkylation sites (tertiary alicyclic amines) is 1. The monoisotopic (exact) mass is 582 g/mol. The summed E-state index contributed by atoms with van der Waals surface area (Å²) in [5.41, 5.74) is 1.60. The second-order valence-electron chi connectivity index (χ2n) is 12.5. The van der Waals surface area contributed by atoms with Gasteiger partial charge < -0.3 is 19.3 Å². The highest BCUT2D eigenvalue weighted by atomic mass is 35.5. The molecule has 4 aliphatic heterocycles. The molecule has 4 heterocycles. The van der Waals surface area contributed by atoms with Crippen molar-refractivity contribution in [2.45, 2.75) is 86.8 Å². The summed E-state index contributed by atoms with van der Waals surface area (Å²) in [4.78, 5) is 19.2. The summed E-state index contributed by atoms with van der Waals surface area (Å²) in [5, 5.41) is 17.2. The minimum absolute atomic E-state index is 0.0646. The molecule has 7 unspecified atom stereocenters. The van der Waals surface area contributed by atoms with Gasteiger partial charge in [-0.1, -0.05) is 42.4 Å². The molecule has 0 aromatic heterocycles. The van der Waals surface area contributed by atoms with Crippen LogP contribution >= 0.6 is 11.6 Å². The van der Waals surface area contributed by atoms with E-state index in [1.807, 2.05) is 6.07 Å². The molecule has 10 heteroatoms. The Hall–Kier alpha value is -2.03. The Morgan fingerprint density at radius 3 is 2.90 bits per heavy atom. The molecule has 0 radical (unpaired) electrons. The van der Waals surface area contributed by atoms with Crippen molar-refractivity contribution >= 4 is 17.5 Å². The number of alkyl halides is 1. The average molecular weight is 583 g/mol. The molecular formula is C31H43ClN6O3. The summed E-state index contributed by atoms with van der Waals surface area (Å²) in [5.74, 6) is 0.224. The third-order valence-corrected chi connectivity index (χ3v) is 10.4. The Morgan fingerprint density at radius 1 is 1.27 bits per heavy atom. The maximum atomic E-state index is 12.5. The van der Waals surface area contributed by atoms with Crippen LogP contribution in [0.1, 0.15) is 55.2 Å². The van der Waals surface area contributed by atoms with Crippen molar-refractivity contribution in [3.8, 4) is 6.07 Å². The maximum Gasteiger partial charge on any atom is 0.246 e. The standard InChI is InChI=1S/C31H43ClN6O3/c1-3-27(39)38-16-15-37(19-22(38)11-13-33)29-25-10-12-31(17-21-7-4-5-9-24(21)28(32)41-31)18-26(25)34-30(35-29)40-20-23-8-6-14-36(23)2/h3-5,7,9,22-23,25-26,28-30,34-35H,1,6,8,10-12,14-20H2,2H3/t22?,23?,25?,26?,28?,29?,30?,31-/m0/s1. The van der Waals surface area contributed by atoms with Gasteiger partial charge in [0.05, 0.1) is 36.9 Å². The second kappa shape index (κ2) is 12.3. The van der Waals surface area contributed by atoms with Crippen LogP contribution in [0.2, 0.25) is 0 Å². The van der Waals surface area contributed by atoms with Gasteiger partial charge >= 0.3 is 0 Å². The number of carbonyl (C=O) groups excluding carboxylic acids is 1. The van der Waals surface area contributed by atoms with Crippen LogP contribution in [0, 0.1) is 17.2 Å². The van der Waals surface area contributed by atoms with Crippen LogP contribution in [-0.2, 0) is 20.7 Å². The summed E-state index contributed by atoms with van der Waals surface area (Å²) in [6, 6.07) is 11.1. The van der Waals surface area contributed by atoms with E-state index >= 15 is 0 Å². The summed E-state index contributed by atoms with van der Waals surface area (Å²) < 4.78 is 13.1. The number of rotatable bonds is 6. The van der Waals surface area contributed by atoms with Gasteiger partial charge in [-0.3, -0.25) is 20.3 Å². The normalized spacial score (nSPS) is 37.8. The van der Waals surface area contributed by atoms with E-state index in [1.165, 1.54) is 18.1 Å². The number of hydrogen-bond acceptors (Lipinski definition) is 8. The number of hydrogen-bond donors (Lipinski definition) is 2. The number of likely N-dealkylation sites (N-methyl/N-ethyl adjacent to an activating group) is 1. The third-order valence-electron chi connectivity index (χ3n) is 10.1. The highest BCUT2D eigenvalue weighted by Crippen LogP contribution is 2.48. The van der Waals surface area contributed by atoms with E-state index in [0.717, 1.165) is 50.8 Å². The number of halogens is 1. The molecule has 8 atom stereocenters. The van der Waals surface area contributed by atoms with E-state index in [2.05, 4.69) is 58.3 Å². The van der Waals surface area contributed by atoms with Gasteiger partial charge in [0.1, 0.15) is 0 Å². The number of ether oxygens (including phenoxy) is 2. The molecule has 1 aromatic rings. The summed E-state index contributed by atoms with van der Waals surface area (Å²) in [6.07, 6.45) is 7.42. The van der Waals surface area contributed by atoms with Crippen molar-refractivity contribution in [3.63, 3.8) is 0 Å². The molecule has 1 spiro atoms. The second-order valence-corrected chi connectivity index (χ2v) is 12.9.